The predicted octanol–water partition coefficient (Wildman–Crippen LogP) is 1.86. The number of nitrogens with one attached hydrogen (secondary N) is 1. The number of amides is 1. The second-order valence-electron chi connectivity index (χ2n) is 4.14. The molecule has 0 aliphatic rings. The molecule has 6 nitrogen and oxygen atoms in total. The molecule has 2 rings (SSSR count). The monoisotopic (exact) mass is 294 g/mol. The lowest BCUT2D eigenvalue weighted by molar-refractivity contribution is -0.118. The van der Waals surface area contributed by atoms with Crippen LogP contribution in [0.4, 0.5) is 0 Å². The highest BCUT2D eigenvalue weighted by Crippen LogP contribution is 2.17. The lowest BCUT2D eigenvalue weighted by atomic mass is 10.4. The number of aryl methyl sites for hydroxylation is 1. The highest BCUT2D eigenvalue weighted by Gasteiger charge is 2.11. The zero-order valence-electron chi connectivity index (χ0n) is 11.6. The number of rotatable bonds is 7. The van der Waals surface area contributed by atoms with Crippen LogP contribution in [0.15, 0.2) is 28.0 Å². The molecule has 1 amide bonds. The Balaban J connectivity index is 1.82. The van der Waals surface area contributed by atoms with Crippen LogP contribution in [0, 0.1) is 0 Å². The highest BCUT2D eigenvalue weighted by atomic mass is 32.2. The molecule has 20 heavy (non-hydrogen) atoms. The standard InChI is InChI=1S/C13H18N4O2S/c1-3-11-15-16-13(17(11)4-2)20-9-12(18)14-8-10-6-5-7-19-10/h5-7H,3-4,8-9H2,1-2H3,(H,14,18). The Hall–Kier alpha value is -1.76. The van der Waals surface area contributed by atoms with Crippen LogP contribution in [0.5, 0.6) is 0 Å². The number of furan rings is 1. The van der Waals surface area contributed by atoms with E-state index in [0.717, 1.165) is 29.7 Å². The Labute approximate surface area is 121 Å². The Kier molecular flexibility index (Phi) is 5.23. The first-order chi connectivity index (χ1) is 9.74. The van der Waals surface area contributed by atoms with Crippen molar-refractivity contribution in [3.8, 4) is 0 Å². The normalized spacial score (nSPS) is 10.7. The summed E-state index contributed by atoms with van der Waals surface area (Å²) in [6.45, 7) is 5.31. The van der Waals surface area contributed by atoms with Crippen molar-refractivity contribution < 1.29 is 9.21 Å². The van der Waals surface area contributed by atoms with Gasteiger partial charge in [-0.3, -0.25) is 4.79 Å². The molecule has 0 saturated heterocycles. The van der Waals surface area contributed by atoms with Crippen molar-refractivity contribution in [1.82, 2.24) is 20.1 Å². The summed E-state index contributed by atoms with van der Waals surface area (Å²) in [4.78, 5) is 11.8. The quantitative estimate of drug-likeness (QED) is 0.789. The topological polar surface area (TPSA) is 73.0 Å². The van der Waals surface area contributed by atoms with E-state index in [4.69, 9.17) is 4.42 Å². The van der Waals surface area contributed by atoms with E-state index in [2.05, 4.69) is 15.5 Å². The number of carbonyl (C=O) groups excluding carboxylic acids is 1. The summed E-state index contributed by atoms with van der Waals surface area (Å²) in [6.07, 6.45) is 2.43. The van der Waals surface area contributed by atoms with Crippen LogP contribution in [0.25, 0.3) is 0 Å². The van der Waals surface area contributed by atoms with Crippen molar-refractivity contribution >= 4 is 17.7 Å². The van der Waals surface area contributed by atoms with Gasteiger partial charge >= 0.3 is 0 Å². The van der Waals surface area contributed by atoms with E-state index in [1.54, 1.807) is 12.3 Å². The first kappa shape index (κ1) is 14.6. The van der Waals surface area contributed by atoms with Crippen LogP contribution < -0.4 is 5.32 Å². The van der Waals surface area contributed by atoms with Crippen molar-refractivity contribution in [3.05, 3.63) is 30.0 Å². The molecule has 0 bridgehead atoms. The third-order valence-electron chi connectivity index (χ3n) is 2.80. The number of carbonyl (C=O) groups is 1. The summed E-state index contributed by atoms with van der Waals surface area (Å²) in [6, 6.07) is 3.63. The van der Waals surface area contributed by atoms with Crippen LogP contribution in [-0.2, 0) is 24.3 Å². The molecule has 7 heteroatoms. The van der Waals surface area contributed by atoms with E-state index in [1.807, 2.05) is 24.5 Å². The van der Waals surface area contributed by atoms with Crippen LogP contribution in [0.2, 0.25) is 0 Å². The van der Waals surface area contributed by atoms with Crippen molar-refractivity contribution in [2.75, 3.05) is 5.75 Å². The Bertz CT molecular complexity index is 551. The summed E-state index contributed by atoms with van der Waals surface area (Å²) >= 11 is 1.40. The minimum absolute atomic E-state index is 0.0462. The Morgan fingerprint density at radius 2 is 2.30 bits per heavy atom. The lowest BCUT2D eigenvalue weighted by Gasteiger charge is -2.06. The van der Waals surface area contributed by atoms with Crippen LogP contribution >= 0.6 is 11.8 Å². The van der Waals surface area contributed by atoms with E-state index in [9.17, 15) is 4.79 Å². The van der Waals surface area contributed by atoms with E-state index in [0.29, 0.717) is 12.3 Å². The molecular formula is C13H18N4O2S. The summed E-state index contributed by atoms with van der Waals surface area (Å²) in [5.41, 5.74) is 0. The van der Waals surface area contributed by atoms with Crippen LogP contribution in [0.3, 0.4) is 0 Å². The summed E-state index contributed by atoms with van der Waals surface area (Å²) in [5.74, 6) is 1.97. The van der Waals surface area contributed by atoms with Gasteiger partial charge in [-0.25, -0.2) is 0 Å². The van der Waals surface area contributed by atoms with E-state index >= 15 is 0 Å². The Morgan fingerprint density at radius 1 is 1.45 bits per heavy atom. The van der Waals surface area contributed by atoms with E-state index in [-0.39, 0.29) is 5.91 Å². The van der Waals surface area contributed by atoms with Gasteiger partial charge in [0.15, 0.2) is 5.16 Å². The molecule has 0 aromatic carbocycles. The molecule has 0 aliphatic carbocycles. The van der Waals surface area contributed by atoms with Gasteiger partial charge in [-0.1, -0.05) is 18.7 Å². The van der Waals surface area contributed by atoms with Crippen molar-refractivity contribution in [2.24, 2.45) is 0 Å². The van der Waals surface area contributed by atoms with Crippen molar-refractivity contribution in [3.63, 3.8) is 0 Å². The third kappa shape index (κ3) is 3.63. The van der Waals surface area contributed by atoms with Crippen LogP contribution in [0.1, 0.15) is 25.4 Å². The maximum absolute atomic E-state index is 11.8. The summed E-state index contributed by atoms with van der Waals surface area (Å²) in [5, 5.41) is 11.8. The SMILES string of the molecule is CCc1nnc(SCC(=O)NCc2ccco2)n1CC. The smallest absolute Gasteiger partial charge is 0.230 e. The van der Waals surface area contributed by atoms with Gasteiger partial charge in [-0.2, -0.15) is 0 Å². The second kappa shape index (κ2) is 7.14. The van der Waals surface area contributed by atoms with Gasteiger partial charge in [-0.15, -0.1) is 10.2 Å². The average Bonchev–Trinajstić information content (AvgIpc) is 3.11. The highest BCUT2D eigenvalue weighted by molar-refractivity contribution is 7.99. The van der Waals surface area contributed by atoms with Crippen molar-refractivity contribution in [2.45, 2.75) is 38.5 Å². The predicted molar refractivity (Wildman–Crippen MR) is 76.4 cm³/mol. The average molecular weight is 294 g/mol. The molecule has 108 valence electrons. The first-order valence-corrected chi connectivity index (χ1v) is 7.57. The van der Waals surface area contributed by atoms with E-state index in [1.165, 1.54) is 11.8 Å². The molecule has 0 unspecified atom stereocenters. The maximum Gasteiger partial charge on any atom is 0.230 e. The maximum atomic E-state index is 11.8. The number of hydrogen-bond donors (Lipinski definition) is 1. The minimum Gasteiger partial charge on any atom is -0.467 e. The molecule has 0 aliphatic heterocycles. The molecule has 2 aromatic heterocycles. The third-order valence-corrected chi connectivity index (χ3v) is 3.76. The molecule has 2 aromatic rings. The summed E-state index contributed by atoms with van der Waals surface area (Å²) < 4.78 is 7.19. The number of hydrogen-bond acceptors (Lipinski definition) is 5. The molecular weight excluding hydrogens is 276 g/mol. The number of nitrogens with zero attached hydrogens (tertiary/aromatic N) is 3. The fourth-order valence-electron chi connectivity index (χ4n) is 1.78. The van der Waals surface area contributed by atoms with Crippen molar-refractivity contribution in [1.29, 1.82) is 0 Å². The molecule has 0 spiro atoms. The minimum atomic E-state index is -0.0462. The van der Waals surface area contributed by atoms with Gasteiger partial charge in [0, 0.05) is 13.0 Å². The molecule has 1 N–H and O–H groups in total. The number of aromatic nitrogens is 3. The van der Waals surface area contributed by atoms with Crippen LogP contribution in [-0.4, -0.2) is 26.4 Å². The Morgan fingerprint density at radius 3 is 2.95 bits per heavy atom. The lowest BCUT2D eigenvalue weighted by Crippen LogP contribution is -2.24. The van der Waals surface area contributed by atoms with Gasteiger partial charge in [0.1, 0.15) is 11.6 Å². The molecule has 0 fully saturated rings. The fraction of sp³-hybridized carbons (Fsp3) is 0.462. The molecule has 0 saturated carbocycles. The van der Waals surface area contributed by atoms with Gasteiger partial charge < -0.3 is 14.3 Å². The molecule has 0 atom stereocenters. The zero-order chi connectivity index (χ0) is 14.4. The largest absolute Gasteiger partial charge is 0.467 e. The van der Waals surface area contributed by atoms with Gasteiger partial charge in [0.05, 0.1) is 18.6 Å². The van der Waals surface area contributed by atoms with E-state index < -0.39 is 0 Å². The second-order valence-corrected chi connectivity index (χ2v) is 5.08. The van der Waals surface area contributed by atoms with Gasteiger partial charge in [-0.05, 0) is 19.1 Å². The van der Waals surface area contributed by atoms with Gasteiger partial charge in [0.25, 0.3) is 0 Å². The van der Waals surface area contributed by atoms with Gasteiger partial charge in [0.2, 0.25) is 5.91 Å². The number of thioether (sulfide) groups is 1. The molecule has 2 heterocycles. The first-order valence-electron chi connectivity index (χ1n) is 6.58. The zero-order valence-corrected chi connectivity index (χ0v) is 12.4. The fourth-order valence-corrected chi connectivity index (χ4v) is 2.64. The summed E-state index contributed by atoms with van der Waals surface area (Å²) in [7, 11) is 0. The molecule has 0 radical (unpaired) electrons.